The van der Waals surface area contributed by atoms with Crippen LogP contribution in [0.25, 0.3) is 0 Å². The molecule has 2 aromatic rings. The summed E-state index contributed by atoms with van der Waals surface area (Å²) in [4.78, 5) is 1.52. The smallest absolute Gasteiger partial charge is 0.104 e. The molecular formula is C18H19Cl3N3+. The quantitative estimate of drug-likeness (QED) is 0.802. The molecule has 0 aliphatic carbocycles. The van der Waals surface area contributed by atoms with Crippen LogP contribution in [0.2, 0.25) is 15.1 Å². The molecule has 0 radical (unpaired) electrons. The molecule has 0 bridgehead atoms. The molecule has 3 rings (SSSR count). The first-order valence-corrected chi connectivity index (χ1v) is 9.07. The van der Waals surface area contributed by atoms with E-state index in [0.29, 0.717) is 10.0 Å². The second-order valence-electron chi connectivity index (χ2n) is 5.85. The van der Waals surface area contributed by atoms with Crippen LogP contribution in [0.3, 0.4) is 0 Å². The number of hydrogen-bond acceptors (Lipinski definition) is 2. The lowest BCUT2D eigenvalue weighted by Gasteiger charge is -2.30. The van der Waals surface area contributed by atoms with Crippen molar-refractivity contribution < 1.29 is 4.90 Å². The molecule has 24 heavy (non-hydrogen) atoms. The first-order chi connectivity index (χ1) is 11.6. The number of halogens is 3. The fourth-order valence-corrected chi connectivity index (χ4v) is 3.49. The van der Waals surface area contributed by atoms with Crippen molar-refractivity contribution in [1.29, 1.82) is 0 Å². The van der Waals surface area contributed by atoms with E-state index in [0.717, 1.165) is 43.3 Å². The Hall–Kier alpha value is -1.26. The number of piperazine rings is 1. The molecule has 1 heterocycles. The van der Waals surface area contributed by atoms with Crippen molar-refractivity contribution in [2.45, 2.75) is 6.54 Å². The van der Waals surface area contributed by atoms with Crippen molar-refractivity contribution >= 4 is 41.0 Å². The van der Waals surface area contributed by atoms with Crippen LogP contribution in [-0.2, 0) is 6.54 Å². The van der Waals surface area contributed by atoms with Gasteiger partial charge in [0.2, 0.25) is 0 Å². The van der Waals surface area contributed by atoms with Gasteiger partial charge in [-0.1, -0.05) is 59.1 Å². The van der Waals surface area contributed by atoms with Gasteiger partial charge >= 0.3 is 0 Å². The molecule has 2 aromatic carbocycles. The number of hydrogen-bond donors (Lipinski definition) is 1. The van der Waals surface area contributed by atoms with Gasteiger partial charge in [0, 0.05) is 16.1 Å². The monoisotopic (exact) mass is 382 g/mol. The molecule has 1 fully saturated rings. The Bertz CT molecular complexity index is 705. The van der Waals surface area contributed by atoms with Crippen LogP contribution in [-0.4, -0.2) is 37.4 Å². The number of nitrogens with zero attached hydrogens (tertiary/aromatic N) is 2. The van der Waals surface area contributed by atoms with Crippen LogP contribution in [0.4, 0.5) is 0 Å². The Balaban J connectivity index is 1.56. The van der Waals surface area contributed by atoms with E-state index in [9.17, 15) is 0 Å². The molecule has 0 saturated carbocycles. The third-order valence-electron chi connectivity index (χ3n) is 4.20. The SMILES string of the molecule is Clc1ccccc1C[NH+]1CCN(/N=C\c2c(Cl)cccc2Cl)CC1. The largest absolute Gasteiger partial charge is 0.328 e. The van der Waals surface area contributed by atoms with E-state index in [2.05, 4.69) is 16.2 Å². The normalized spacial score (nSPS) is 16.0. The fourth-order valence-electron chi connectivity index (χ4n) is 2.79. The summed E-state index contributed by atoms with van der Waals surface area (Å²) in [7, 11) is 0. The van der Waals surface area contributed by atoms with Gasteiger partial charge in [-0.15, -0.1) is 0 Å². The van der Waals surface area contributed by atoms with Crippen LogP contribution in [0.1, 0.15) is 11.1 Å². The lowest BCUT2D eigenvalue weighted by Crippen LogP contribution is -3.13. The van der Waals surface area contributed by atoms with E-state index < -0.39 is 0 Å². The van der Waals surface area contributed by atoms with Gasteiger partial charge in [-0.25, -0.2) is 0 Å². The highest BCUT2D eigenvalue weighted by Gasteiger charge is 2.19. The minimum absolute atomic E-state index is 0.620. The maximum Gasteiger partial charge on any atom is 0.104 e. The number of quaternary nitrogens is 1. The maximum atomic E-state index is 6.25. The molecule has 1 aliphatic heterocycles. The molecule has 0 unspecified atom stereocenters. The predicted octanol–water partition coefficient (Wildman–Crippen LogP) is 3.38. The van der Waals surface area contributed by atoms with Crippen molar-refractivity contribution in [2.24, 2.45) is 5.10 Å². The van der Waals surface area contributed by atoms with Crippen molar-refractivity contribution in [2.75, 3.05) is 26.2 Å². The van der Waals surface area contributed by atoms with Gasteiger partial charge in [-0.2, -0.15) is 5.10 Å². The van der Waals surface area contributed by atoms with E-state index in [-0.39, 0.29) is 0 Å². The third-order valence-corrected chi connectivity index (χ3v) is 5.22. The van der Waals surface area contributed by atoms with Crippen molar-refractivity contribution in [3.05, 3.63) is 68.7 Å². The van der Waals surface area contributed by atoms with Crippen LogP contribution >= 0.6 is 34.8 Å². The molecule has 1 N–H and O–H groups in total. The first kappa shape index (κ1) is 17.6. The Morgan fingerprint density at radius 3 is 2.21 bits per heavy atom. The van der Waals surface area contributed by atoms with Gasteiger partial charge in [0.25, 0.3) is 0 Å². The Morgan fingerprint density at radius 2 is 1.54 bits per heavy atom. The summed E-state index contributed by atoms with van der Waals surface area (Å²) in [5.74, 6) is 0. The minimum atomic E-state index is 0.620. The molecule has 3 nitrogen and oxygen atoms in total. The first-order valence-electron chi connectivity index (χ1n) is 7.93. The summed E-state index contributed by atoms with van der Waals surface area (Å²) >= 11 is 18.6. The average Bonchev–Trinajstić information content (AvgIpc) is 2.58. The summed E-state index contributed by atoms with van der Waals surface area (Å²) in [6.07, 6.45) is 1.75. The topological polar surface area (TPSA) is 20.0 Å². The van der Waals surface area contributed by atoms with E-state index >= 15 is 0 Å². The van der Waals surface area contributed by atoms with Crippen LogP contribution in [0.5, 0.6) is 0 Å². The Labute approximate surface area is 157 Å². The van der Waals surface area contributed by atoms with Crippen LogP contribution in [0, 0.1) is 0 Å². The predicted molar refractivity (Wildman–Crippen MR) is 101 cm³/mol. The van der Waals surface area contributed by atoms with Crippen LogP contribution < -0.4 is 4.90 Å². The van der Waals surface area contributed by atoms with E-state index in [4.69, 9.17) is 34.8 Å². The summed E-state index contributed by atoms with van der Waals surface area (Å²) in [5, 5.41) is 8.68. The molecule has 0 aromatic heterocycles. The number of rotatable bonds is 4. The highest BCUT2D eigenvalue weighted by Crippen LogP contribution is 2.22. The van der Waals surface area contributed by atoms with Crippen molar-refractivity contribution in [3.8, 4) is 0 Å². The standard InChI is InChI=1S/C18H18Cl3N3/c19-16-5-2-1-4-14(16)13-23-8-10-24(11-9-23)22-12-15-17(20)6-3-7-18(15)21/h1-7,12H,8-11,13H2/p+1/b22-12-. The van der Waals surface area contributed by atoms with E-state index in [1.807, 2.05) is 36.4 Å². The zero-order chi connectivity index (χ0) is 16.9. The minimum Gasteiger partial charge on any atom is -0.328 e. The molecule has 0 amide bonds. The number of hydrazone groups is 1. The molecule has 1 aliphatic rings. The summed E-state index contributed by atoms with van der Waals surface area (Å²) in [6, 6.07) is 13.5. The number of benzene rings is 2. The number of nitrogens with one attached hydrogen (secondary N) is 1. The fraction of sp³-hybridized carbons (Fsp3) is 0.278. The Kier molecular flexibility index (Phi) is 6.01. The van der Waals surface area contributed by atoms with Gasteiger partial charge in [0.15, 0.2) is 0 Å². The summed E-state index contributed by atoms with van der Waals surface area (Å²) in [6.45, 7) is 4.81. The summed E-state index contributed by atoms with van der Waals surface area (Å²) < 4.78 is 0. The van der Waals surface area contributed by atoms with Gasteiger partial charge in [0.05, 0.1) is 42.4 Å². The average molecular weight is 384 g/mol. The van der Waals surface area contributed by atoms with Crippen LogP contribution in [0.15, 0.2) is 47.6 Å². The zero-order valence-electron chi connectivity index (χ0n) is 13.2. The summed E-state index contributed by atoms with van der Waals surface area (Å²) in [5.41, 5.74) is 1.97. The molecule has 6 heteroatoms. The Morgan fingerprint density at radius 1 is 0.917 bits per heavy atom. The molecule has 0 spiro atoms. The van der Waals surface area contributed by atoms with Crippen molar-refractivity contribution in [1.82, 2.24) is 5.01 Å². The highest BCUT2D eigenvalue weighted by molar-refractivity contribution is 6.38. The van der Waals surface area contributed by atoms with Gasteiger partial charge in [-0.3, -0.25) is 5.01 Å². The van der Waals surface area contributed by atoms with Gasteiger partial charge < -0.3 is 4.90 Å². The second kappa shape index (κ2) is 8.21. The second-order valence-corrected chi connectivity index (χ2v) is 7.07. The lowest BCUT2D eigenvalue weighted by atomic mass is 10.2. The molecule has 1 saturated heterocycles. The zero-order valence-corrected chi connectivity index (χ0v) is 15.5. The van der Waals surface area contributed by atoms with Crippen molar-refractivity contribution in [3.63, 3.8) is 0 Å². The van der Waals surface area contributed by atoms with Gasteiger partial charge in [0.1, 0.15) is 6.54 Å². The van der Waals surface area contributed by atoms with E-state index in [1.165, 1.54) is 10.5 Å². The third kappa shape index (κ3) is 4.42. The maximum absolute atomic E-state index is 6.25. The molecule has 0 atom stereocenters. The molecule has 126 valence electrons. The van der Waals surface area contributed by atoms with Gasteiger partial charge in [-0.05, 0) is 18.2 Å². The lowest BCUT2D eigenvalue weighted by molar-refractivity contribution is -0.918. The van der Waals surface area contributed by atoms with E-state index in [1.54, 1.807) is 6.21 Å². The highest BCUT2D eigenvalue weighted by atomic mass is 35.5. The molecular weight excluding hydrogens is 365 g/mol.